The van der Waals surface area contributed by atoms with E-state index in [1.807, 2.05) is 30.3 Å². The molecule has 3 aromatic carbocycles. The van der Waals surface area contributed by atoms with E-state index in [1.54, 1.807) is 25.3 Å². The molecular formula is C19H14O3. The fourth-order valence-corrected chi connectivity index (χ4v) is 3.18. The van der Waals surface area contributed by atoms with Crippen molar-refractivity contribution in [2.75, 3.05) is 7.11 Å². The predicted molar refractivity (Wildman–Crippen MR) is 84.8 cm³/mol. The highest BCUT2D eigenvalue weighted by Gasteiger charge is 2.26. The van der Waals surface area contributed by atoms with Crippen molar-refractivity contribution in [3.05, 3.63) is 70.8 Å². The summed E-state index contributed by atoms with van der Waals surface area (Å²) < 4.78 is 5.29. The summed E-state index contributed by atoms with van der Waals surface area (Å²) in [5, 5.41) is 11.9. The molecule has 0 spiro atoms. The lowest BCUT2D eigenvalue weighted by Crippen LogP contribution is -2.15. The van der Waals surface area contributed by atoms with Gasteiger partial charge >= 0.3 is 0 Å². The normalized spacial score (nSPS) is 12.9. The molecule has 108 valence electrons. The van der Waals surface area contributed by atoms with Crippen LogP contribution < -0.4 is 4.74 Å². The zero-order valence-corrected chi connectivity index (χ0v) is 12.1. The van der Waals surface area contributed by atoms with Crippen LogP contribution in [0.4, 0.5) is 0 Å². The van der Waals surface area contributed by atoms with Crippen LogP contribution in [0, 0.1) is 0 Å². The first-order valence-corrected chi connectivity index (χ1v) is 7.14. The van der Waals surface area contributed by atoms with E-state index in [2.05, 4.69) is 0 Å². The molecule has 1 aliphatic rings. The van der Waals surface area contributed by atoms with Crippen LogP contribution in [0.15, 0.2) is 48.5 Å². The van der Waals surface area contributed by atoms with E-state index in [0.717, 1.165) is 27.6 Å². The third kappa shape index (κ3) is 1.72. The van der Waals surface area contributed by atoms with Gasteiger partial charge in [-0.1, -0.05) is 30.3 Å². The van der Waals surface area contributed by atoms with Crippen LogP contribution in [0.2, 0.25) is 0 Å². The average molecular weight is 290 g/mol. The summed E-state index contributed by atoms with van der Waals surface area (Å²) in [6, 6.07) is 14.8. The molecule has 1 N–H and O–H groups in total. The summed E-state index contributed by atoms with van der Waals surface area (Å²) in [4.78, 5) is 12.9. The van der Waals surface area contributed by atoms with E-state index in [9.17, 15) is 9.90 Å². The molecule has 3 nitrogen and oxygen atoms in total. The zero-order valence-electron chi connectivity index (χ0n) is 12.1. The molecule has 0 aromatic heterocycles. The van der Waals surface area contributed by atoms with Gasteiger partial charge in [-0.2, -0.15) is 0 Å². The van der Waals surface area contributed by atoms with Crippen molar-refractivity contribution in [1.29, 1.82) is 0 Å². The highest BCUT2D eigenvalue weighted by atomic mass is 16.5. The molecule has 1 aliphatic carbocycles. The van der Waals surface area contributed by atoms with E-state index >= 15 is 0 Å². The van der Waals surface area contributed by atoms with Crippen molar-refractivity contribution in [3.63, 3.8) is 0 Å². The number of fused-ring (bicyclic) bond motifs is 4. The molecule has 22 heavy (non-hydrogen) atoms. The minimum Gasteiger partial charge on any atom is -0.508 e. The van der Waals surface area contributed by atoms with Crippen molar-refractivity contribution in [2.45, 2.75) is 6.42 Å². The maximum absolute atomic E-state index is 12.9. The zero-order chi connectivity index (χ0) is 15.3. The van der Waals surface area contributed by atoms with Gasteiger partial charge in [0.05, 0.1) is 7.11 Å². The standard InChI is InChI=1S/C19H14O3/c1-22-13-8-7-11-5-6-12-9-16-14(3-2-4-17(16)20)19(21)18(12)15(11)10-13/h2-8,10,20H,9H2,1H3. The number of hydrogen-bond acceptors (Lipinski definition) is 3. The van der Waals surface area contributed by atoms with Gasteiger partial charge in [0.15, 0.2) is 5.78 Å². The average Bonchev–Trinajstić information content (AvgIpc) is 2.55. The Kier molecular flexibility index (Phi) is 2.70. The lowest BCUT2D eigenvalue weighted by Gasteiger charge is -2.21. The van der Waals surface area contributed by atoms with Crippen molar-refractivity contribution in [1.82, 2.24) is 0 Å². The number of hydrogen-bond donors (Lipinski definition) is 1. The third-order valence-corrected chi connectivity index (χ3v) is 4.31. The number of carbonyl (C=O) groups is 1. The molecule has 0 amide bonds. The summed E-state index contributed by atoms with van der Waals surface area (Å²) in [5.41, 5.74) is 2.96. The monoisotopic (exact) mass is 290 g/mol. The number of rotatable bonds is 1. The third-order valence-electron chi connectivity index (χ3n) is 4.31. The number of carbonyl (C=O) groups excluding carboxylic acids is 1. The predicted octanol–water partition coefficient (Wildman–Crippen LogP) is 3.69. The van der Waals surface area contributed by atoms with Crippen LogP contribution in [0.3, 0.4) is 0 Å². The highest BCUT2D eigenvalue weighted by molar-refractivity contribution is 6.19. The first-order valence-electron chi connectivity index (χ1n) is 7.14. The van der Waals surface area contributed by atoms with Crippen molar-refractivity contribution >= 4 is 16.6 Å². The summed E-state index contributed by atoms with van der Waals surface area (Å²) in [6.07, 6.45) is 0.566. The maximum Gasteiger partial charge on any atom is 0.194 e. The molecule has 0 bridgehead atoms. The van der Waals surface area contributed by atoms with Crippen LogP contribution >= 0.6 is 0 Å². The number of ether oxygens (including phenoxy) is 1. The molecule has 4 rings (SSSR count). The van der Waals surface area contributed by atoms with Gasteiger partial charge in [-0.05, 0) is 34.5 Å². The topological polar surface area (TPSA) is 46.5 Å². The van der Waals surface area contributed by atoms with Crippen molar-refractivity contribution < 1.29 is 14.6 Å². The number of ketones is 1. The lowest BCUT2D eigenvalue weighted by molar-refractivity contribution is 0.103. The molecular weight excluding hydrogens is 276 g/mol. The molecule has 0 saturated heterocycles. The van der Waals surface area contributed by atoms with E-state index in [1.165, 1.54) is 0 Å². The molecule has 3 aromatic rings. The Morgan fingerprint density at radius 3 is 2.73 bits per heavy atom. The Morgan fingerprint density at radius 1 is 1.09 bits per heavy atom. The Bertz CT molecular complexity index is 925. The second-order valence-electron chi connectivity index (χ2n) is 5.50. The smallest absolute Gasteiger partial charge is 0.194 e. The van der Waals surface area contributed by atoms with Crippen LogP contribution in [0.5, 0.6) is 11.5 Å². The van der Waals surface area contributed by atoms with Gasteiger partial charge in [0, 0.05) is 23.1 Å². The molecule has 0 heterocycles. The Balaban J connectivity index is 2.03. The molecule has 0 unspecified atom stereocenters. The van der Waals surface area contributed by atoms with Crippen LogP contribution in [-0.4, -0.2) is 18.0 Å². The number of methoxy groups -OCH3 is 1. The second kappa shape index (κ2) is 4.60. The number of phenols is 1. The van der Waals surface area contributed by atoms with Gasteiger partial charge in [-0.25, -0.2) is 0 Å². The number of benzene rings is 3. The van der Waals surface area contributed by atoms with Crippen LogP contribution in [0.1, 0.15) is 27.0 Å². The van der Waals surface area contributed by atoms with E-state index < -0.39 is 0 Å². The molecule has 0 saturated carbocycles. The first-order chi connectivity index (χ1) is 10.7. The van der Waals surface area contributed by atoms with Crippen LogP contribution in [0.25, 0.3) is 10.8 Å². The van der Waals surface area contributed by atoms with Gasteiger partial charge < -0.3 is 9.84 Å². The molecule has 3 heteroatoms. The van der Waals surface area contributed by atoms with Gasteiger partial charge in [-0.15, -0.1) is 0 Å². The van der Waals surface area contributed by atoms with E-state index in [4.69, 9.17) is 4.74 Å². The Morgan fingerprint density at radius 2 is 1.91 bits per heavy atom. The molecule has 0 radical (unpaired) electrons. The maximum atomic E-state index is 12.9. The minimum absolute atomic E-state index is 0.0361. The number of aromatic hydroxyl groups is 1. The number of phenolic OH excluding ortho intramolecular Hbond substituents is 1. The quantitative estimate of drug-likeness (QED) is 0.581. The summed E-state index contributed by atoms with van der Waals surface area (Å²) in [5.74, 6) is 0.878. The Hall–Kier alpha value is -2.81. The largest absolute Gasteiger partial charge is 0.508 e. The van der Waals surface area contributed by atoms with Gasteiger partial charge in [-0.3, -0.25) is 4.79 Å². The molecule has 0 fully saturated rings. The molecule has 0 aliphatic heterocycles. The van der Waals surface area contributed by atoms with Gasteiger partial charge in [0.1, 0.15) is 11.5 Å². The second-order valence-corrected chi connectivity index (χ2v) is 5.50. The van der Waals surface area contributed by atoms with E-state index in [-0.39, 0.29) is 11.5 Å². The molecule has 0 atom stereocenters. The van der Waals surface area contributed by atoms with E-state index in [0.29, 0.717) is 17.5 Å². The lowest BCUT2D eigenvalue weighted by atomic mass is 9.82. The fourth-order valence-electron chi connectivity index (χ4n) is 3.18. The highest BCUT2D eigenvalue weighted by Crippen LogP contribution is 2.36. The van der Waals surface area contributed by atoms with Gasteiger partial charge in [0.2, 0.25) is 0 Å². The van der Waals surface area contributed by atoms with Crippen molar-refractivity contribution in [3.8, 4) is 11.5 Å². The first kappa shape index (κ1) is 12.9. The fraction of sp³-hybridized carbons (Fsp3) is 0.105. The van der Waals surface area contributed by atoms with Gasteiger partial charge in [0.25, 0.3) is 0 Å². The SMILES string of the molecule is COc1ccc2ccc3c(c2c1)C(=O)c1cccc(O)c1C3. The Labute approximate surface area is 127 Å². The minimum atomic E-state index is -0.0361. The van der Waals surface area contributed by atoms with Crippen molar-refractivity contribution in [2.24, 2.45) is 0 Å². The van der Waals surface area contributed by atoms with Crippen LogP contribution in [-0.2, 0) is 6.42 Å². The summed E-state index contributed by atoms with van der Waals surface area (Å²) in [7, 11) is 1.62. The summed E-state index contributed by atoms with van der Waals surface area (Å²) in [6.45, 7) is 0. The summed E-state index contributed by atoms with van der Waals surface area (Å²) >= 11 is 0.